The quantitative estimate of drug-likeness (QED) is 0.645. The molecule has 3 aromatic rings. The minimum Gasteiger partial charge on any atom is -0.497 e. The molecule has 1 aliphatic heterocycles. The van der Waals surface area contributed by atoms with Crippen molar-refractivity contribution >= 4 is 11.6 Å². The molecule has 0 aliphatic carbocycles. The molecule has 2 heterocycles. The van der Waals surface area contributed by atoms with Crippen LogP contribution in [0, 0.1) is 0 Å². The average Bonchev–Trinajstić information content (AvgIpc) is 3.02. The lowest BCUT2D eigenvalue weighted by atomic mass is 10.1. The maximum atomic E-state index is 6.05. The Bertz CT molecular complexity index is 851. The summed E-state index contributed by atoms with van der Waals surface area (Å²) in [6.07, 6.45) is 5.80. The summed E-state index contributed by atoms with van der Waals surface area (Å²) < 4.78 is 10.0. The van der Waals surface area contributed by atoms with Crippen molar-refractivity contribution in [2.75, 3.05) is 7.11 Å². The minimum atomic E-state index is 0.771. The molecule has 3 nitrogen and oxygen atoms in total. The van der Waals surface area contributed by atoms with E-state index in [4.69, 9.17) is 16.3 Å². The normalized spacial score (nSPS) is 13.6. The first-order valence-electron chi connectivity index (χ1n) is 8.31. The van der Waals surface area contributed by atoms with E-state index in [0.29, 0.717) is 0 Å². The molecule has 0 unspecified atom stereocenters. The summed E-state index contributed by atoms with van der Waals surface area (Å²) in [5.74, 6) is 2.24. The Kier molecular flexibility index (Phi) is 4.03. The summed E-state index contributed by atoms with van der Waals surface area (Å²) in [4.78, 5) is 0. The lowest BCUT2D eigenvalue weighted by molar-refractivity contribution is -0.698. The fourth-order valence-electron chi connectivity index (χ4n) is 3.41. The fraction of sp³-hybridized carbons (Fsp3) is 0.250. The summed E-state index contributed by atoms with van der Waals surface area (Å²) in [6, 6.07) is 16.3. The molecule has 4 heteroatoms. The third-order valence-corrected chi connectivity index (χ3v) is 4.91. The zero-order valence-electron chi connectivity index (χ0n) is 13.7. The first-order chi connectivity index (χ1) is 11.8. The molecule has 0 amide bonds. The Morgan fingerprint density at radius 1 is 1.00 bits per heavy atom. The van der Waals surface area contributed by atoms with E-state index in [1.54, 1.807) is 7.11 Å². The van der Waals surface area contributed by atoms with E-state index in [2.05, 4.69) is 39.6 Å². The smallest absolute Gasteiger partial charge is 0.262 e. The number of rotatable bonds is 3. The summed E-state index contributed by atoms with van der Waals surface area (Å²) in [7, 11) is 1.70. The molecule has 122 valence electrons. The van der Waals surface area contributed by atoms with E-state index in [9.17, 15) is 0 Å². The predicted molar refractivity (Wildman–Crippen MR) is 95.9 cm³/mol. The molecule has 0 saturated heterocycles. The Balaban J connectivity index is 1.84. The van der Waals surface area contributed by atoms with Gasteiger partial charge >= 0.3 is 0 Å². The maximum absolute atomic E-state index is 6.05. The van der Waals surface area contributed by atoms with E-state index in [-0.39, 0.29) is 0 Å². The summed E-state index contributed by atoms with van der Waals surface area (Å²) in [5, 5.41) is 0.771. The van der Waals surface area contributed by atoms with Crippen LogP contribution < -0.4 is 9.30 Å². The number of ether oxygens (including phenoxy) is 1. The van der Waals surface area contributed by atoms with Gasteiger partial charge in [-0.2, -0.15) is 4.57 Å². The van der Waals surface area contributed by atoms with Crippen LogP contribution in [0.1, 0.15) is 18.7 Å². The monoisotopic (exact) mass is 339 g/mol. The number of nitrogens with zero attached hydrogens (tertiary/aromatic N) is 2. The molecular weight excluding hydrogens is 320 g/mol. The van der Waals surface area contributed by atoms with E-state index in [0.717, 1.165) is 23.7 Å². The van der Waals surface area contributed by atoms with E-state index in [1.807, 2.05) is 24.3 Å². The third-order valence-electron chi connectivity index (χ3n) is 4.65. The van der Waals surface area contributed by atoms with E-state index >= 15 is 0 Å². The minimum absolute atomic E-state index is 0.771. The summed E-state index contributed by atoms with van der Waals surface area (Å²) >= 11 is 6.05. The number of imidazole rings is 1. The number of benzene rings is 2. The van der Waals surface area contributed by atoms with Crippen LogP contribution in [0.25, 0.3) is 16.9 Å². The molecule has 0 N–H and O–H groups in total. The van der Waals surface area contributed by atoms with Crippen LogP contribution in [0.5, 0.6) is 5.75 Å². The highest BCUT2D eigenvalue weighted by atomic mass is 35.5. The van der Waals surface area contributed by atoms with Crippen molar-refractivity contribution in [2.24, 2.45) is 0 Å². The van der Waals surface area contributed by atoms with Gasteiger partial charge < -0.3 is 4.74 Å². The molecule has 0 spiro atoms. The highest BCUT2D eigenvalue weighted by Gasteiger charge is 2.27. The number of hydrogen-bond acceptors (Lipinski definition) is 1. The number of halogens is 1. The number of hydrogen-bond donors (Lipinski definition) is 0. The number of fused-ring (bicyclic) bond motifs is 1. The molecule has 4 rings (SSSR count). The van der Waals surface area contributed by atoms with Crippen LogP contribution in [0.2, 0.25) is 5.02 Å². The van der Waals surface area contributed by atoms with Crippen molar-refractivity contribution in [1.82, 2.24) is 4.57 Å². The molecule has 0 atom stereocenters. The van der Waals surface area contributed by atoms with Gasteiger partial charge in [-0.05, 0) is 61.4 Å². The van der Waals surface area contributed by atoms with Gasteiger partial charge in [0.1, 0.15) is 17.6 Å². The molecule has 0 bridgehead atoms. The zero-order chi connectivity index (χ0) is 16.5. The average molecular weight is 340 g/mol. The number of methoxy groups -OCH3 is 1. The first-order valence-corrected chi connectivity index (χ1v) is 8.68. The molecule has 1 aromatic heterocycles. The second-order valence-electron chi connectivity index (χ2n) is 6.11. The highest BCUT2D eigenvalue weighted by Crippen LogP contribution is 2.25. The van der Waals surface area contributed by atoms with E-state index < -0.39 is 0 Å². The van der Waals surface area contributed by atoms with Crippen LogP contribution in [0.15, 0.2) is 54.7 Å². The maximum Gasteiger partial charge on any atom is 0.262 e. The highest BCUT2D eigenvalue weighted by molar-refractivity contribution is 6.30. The molecule has 0 saturated carbocycles. The van der Waals surface area contributed by atoms with Crippen LogP contribution in [0.3, 0.4) is 0 Å². The second kappa shape index (κ2) is 6.33. The summed E-state index contributed by atoms with van der Waals surface area (Å²) in [5.41, 5.74) is 3.62. The van der Waals surface area contributed by atoms with Crippen LogP contribution in [-0.4, -0.2) is 11.7 Å². The second-order valence-corrected chi connectivity index (χ2v) is 6.55. The van der Waals surface area contributed by atoms with Crippen LogP contribution >= 0.6 is 11.6 Å². The first kappa shape index (κ1) is 15.3. The van der Waals surface area contributed by atoms with Crippen molar-refractivity contribution in [1.29, 1.82) is 0 Å². The van der Waals surface area contributed by atoms with Gasteiger partial charge in [-0.3, -0.25) is 0 Å². The third kappa shape index (κ3) is 2.69. The van der Waals surface area contributed by atoms with Crippen molar-refractivity contribution in [3.8, 4) is 22.7 Å². The van der Waals surface area contributed by atoms with Crippen molar-refractivity contribution in [3.05, 3.63) is 65.6 Å². The lowest BCUT2D eigenvalue weighted by Gasteiger charge is -2.11. The molecule has 1 aliphatic rings. The van der Waals surface area contributed by atoms with Gasteiger partial charge in [0.15, 0.2) is 5.69 Å². The predicted octanol–water partition coefficient (Wildman–Crippen LogP) is 4.43. The van der Waals surface area contributed by atoms with Gasteiger partial charge in [0.05, 0.1) is 13.7 Å². The zero-order valence-corrected chi connectivity index (χ0v) is 14.5. The van der Waals surface area contributed by atoms with Crippen LogP contribution in [-0.2, 0) is 13.0 Å². The topological polar surface area (TPSA) is 18.0 Å². The molecule has 0 fully saturated rings. The Hall–Kier alpha value is -2.26. The van der Waals surface area contributed by atoms with Gasteiger partial charge in [-0.1, -0.05) is 11.6 Å². The SMILES string of the molecule is COc1ccc(-n2cc(-c3ccc(Cl)cc3)[n+]3c2CCCC3)cc1. The largest absolute Gasteiger partial charge is 0.497 e. The Morgan fingerprint density at radius 3 is 2.46 bits per heavy atom. The molecule has 2 aromatic carbocycles. The lowest BCUT2D eigenvalue weighted by Crippen LogP contribution is -2.42. The molecular formula is C20H20ClN2O+. The van der Waals surface area contributed by atoms with Gasteiger partial charge in [0, 0.05) is 17.0 Å². The van der Waals surface area contributed by atoms with Gasteiger partial charge in [-0.25, -0.2) is 4.57 Å². The van der Waals surface area contributed by atoms with Gasteiger partial charge in [-0.15, -0.1) is 0 Å². The van der Waals surface area contributed by atoms with E-state index in [1.165, 1.54) is 35.6 Å². The van der Waals surface area contributed by atoms with Gasteiger partial charge in [0.2, 0.25) is 0 Å². The Morgan fingerprint density at radius 2 is 1.75 bits per heavy atom. The standard InChI is InChI=1S/C20H20ClN2O/c1-24-18-11-9-17(10-12-18)23-14-19(15-5-7-16(21)8-6-15)22-13-3-2-4-20(22)23/h5-12,14H,2-4,13H2,1H3/q+1. The van der Waals surface area contributed by atoms with Gasteiger partial charge in [0.25, 0.3) is 5.82 Å². The Labute approximate surface area is 147 Å². The molecule has 24 heavy (non-hydrogen) atoms. The van der Waals surface area contributed by atoms with Crippen LogP contribution in [0.4, 0.5) is 0 Å². The number of aromatic nitrogens is 2. The summed E-state index contributed by atoms with van der Waals surface area (Å²) in [6.45, 7) is 1.07. The molecule has 0 radical (unpaired) electrons. The fourth-order valence-corrected chi connectivity index (χ4v) is 3.54. The van der Waals surface area contributed by atoms with Crippen molar-refractivity contribution < 1.29 is 9.30 Å². The van der Waals surface area contributed by atoms with Crippen molar-refractivity contribution in [2.45, 2.75) is 25.8 Å². The van der Waals surface area contributed by atoms with Crippen molar-refractivity contribution in [3.63, 3.8) is 0 Å².